The first-order valence-corrected chi connectivity index (χ1v) is 6.08. The Morgan fingerprint density at radius 3 is 2.50 bits per heavy atom. The summed E-state index contributed by atoms with van der Waals surface area (Å²) < 4.78 is 38.5. The molecule has 0 aliphatic carbocycles. The van der Waals surface area contributed by atoms with Crippen molar-refractivity contribution < 1.29 is 22.8 Å². The van der Waals surface area contributed by atoms with Gasteiger partial charge in [0.15, 0.2) is 0 Å². The van der Waals surface area contributed by atoms with Crippen LogP contribution in [-0.4, -0.2) is 21.8 Å². The number of pyridine rings is 2. The van der Waals surface area contributed by atoms with Crippen molar-refractivity contribution in [3.8, 4) is 0 Å². The van der Waals surface area contributed by atoms with Crippen LogP contribution >= 0.6 is 0 Å². The van der Waals surface area contributed by atoms with E-state index in [1.54, 1.807) is 6.92 Å². The summed E-state index contributed by atoms with van der Waals surface area (Å²) in [5.74, 6) is -1.98. The minimum atomic E-state index is -4.72. The van der Waals surface area contributed by atoms with Crippen molar-refractivity contribution in [2.24, 2.45) is 0 Å². The summed E-state index contributed by atoms with van der Waals surface area (Å²) in [4.78, 5) is 31.1. The van der Waals surface area contributed by atoms with Crippen LogP contribution in [0.1, 0.15) is 32.0 Å². The van der Waals surface area contributed by atoms with E-state index in [1.165, 1.54) is 18.3 Å². The van der Waals surface area contributed by atoms with Gasteiger partial charge in [-0.2, -0.15) is 13.2 Å². The number of nitrogens with one attached hydrogen (secondary N) is 1. The summed E-state index contributed by atoms with van der Waals surface area (Å²) in [6.07, 6.45) is -1.66. The molecule has 0 aromatic carbocycles. The highest BCUT2D eigenvalue weighted by atomic mass is 19.4. The summed E-state index contributed by atoms with van der Waals surface area (Å²) in [5, 5.41) is 1.91. The maximum Gasteiger partial charge on any atom is 0.417 e. The Morgan fingerprint density at radius 1 is 1.14 bits per heavy atom. The zero-order chi connectivity index (χ0) is 16.3. The predicted octanol–water partition coefficient (Wildman–Crippen LogP) is 2.37. The summed E-state index contributed by atoms with van der Waals surface area (Å²) >= 11 is 0. The maximum atomic E-state index is 12.8. The lowest BCUT2D eigenvalue weighted by Crippen LogP contribution is -2.32. The molecule has 0 unspecified atom stereocenters. The number of nitrogens with zero attached hydrogens (tertiary/aromatic N) is 2. The zero-order valence-corrected chi connectivity index (χ0v) is 11.3. The van der Waals surface area contributed by atoms with E-state index in [0.29, 0.717) is 11.8 Å². The SMILES string of the molecule is Cc1cc(C(=O)NC(=O)c2cnccc2C(F)(F)F)ccn1. The molecule has 1 N–H and O–H groups in total. The van der Waals surface area contributed by atoms with Crippen molar-refractivity contribution in [3.63, 3.8) is 0 Å². The third-order valence-electron chi connectivity index (χ3n) is 2.76. The number of halogens is 3. The average Bonchev–Trinajstić information content (AvgIpc) is 2.46. The number of carbonyl (C=O) groups excluding carboxylic acids is 2. The van der Waals surface area contributed by atoms with Gasteiger partial charge in [-0.3, -0.25) is 24.9 Å². The number of aromatic nitrogens is 2. The number of alkyl halides is 3. The molecule has 114 valence electrons. The molecule has 2 aromatic rings. The number of carbonyl (C=O) groups is 2. The molecule has 5 nitrogen and oxygen atoms in total. The summed E-state index contributed by atoms with van der Waals surface area (Å²) in [6.45, 7) is 1.64. The van der Waals surface area contributed by atoms with E-state index in [2.05, 4.69) is 9.97 Å². The lowest BCUT2D eigenvalue weighted by Gasteiger charge is -2.11. The molecule has 2 rings (SSSR count). The molecule has 0 aliphatic heterocycles. The highest BCUT2D eigenvalue weighted by molar-refractivity contribution is 6.10. The number of hydrogen-bond donors (Lipinski definition) is 1. The molecule has 0 spiro atoms. The molecule has 22 heavy (non-hydrogen) atoms. The first kappa shape index (κ1) is 15.6. The van der Waals surface area contributed by atoms with Gasteiger partial charge in [0.1, 0.15) is 0 Å². The normalized spacial score (nSPS) is 11.1. The second kappa shape index (κ2) is 5.92. The number of imide groups is 1. The topological polar surface area (TPSA) is 72.0 Å². The maximum absolute atomic E-state index is 12.8. The monoisotopic (exact) mass is 309 g/mol. The van der Waals surface area contributed by atoms with E-state index in [9.17, 15) is 22.8 Å². The quantitative estimate of drug-likeness (QED) is 0.865. The first-order chi connectivity index (χ1) is 10.3. The lowest BCUT2D eigenvalue weighted by molar-refractivity contribution is -0.138. The van der Waals surface area contributed by atoms with Crippen molar-refractivity contribution in [1.29, 1.82) is 0 Å². The fourth-order valence-corrected chi connectivity index (χ4v) is 1.75. The number of amides is 2. The van der Waals surface area contributed by atoms with E-state index in [-0.39, 0.29) is 5.56 Å². The van der Waals surface area contributed by atoms with E-state index < -0.39 is 29.1 Å². The predicted molar refractivity (Wildman–Crippen MR) is 70.0 cm³/mol. The van der Waals surface area contributed by atoms with Crippen LogP contribution in [0.3, 0.4) is 0 Å². The lowest BCUT2D eigenvalue weighted by atomic mass is 10.1. The summed E-state index contributed by atoms with van der Waals surface area (Å²) in [5.41, 5.74) is -1.21. The van der Waals surface area contributed by atoms with Crippen LogP contribution in [0.15, 0.2) is 36.8 Å². The Balaban J connectivity index is 2.25. The number of rotatable bonds is 2. The highest BCUT2D eigenvalue weighted by Crippen LogP contribution is 2.31. The second-order valence-electron chi connectivity index (χ2n) is 4.39. The van der Waals surface area contributed by atoms with Crippen LogP contribution in [0.25, 0.3) is 0 Å². The van der Waals surface area contributed by atoms with Crippen LogP contribution < -0.4 is 5.32 Å². The Bertz CT molecular complexity index is 729. The third-order valence-corrected chi connectivity index (χ3v) is 2.76. The van der Waals surface area contributed by atoms with Gasteiger partial charge in [-0.25, -0.2) is 0 Å². The molecule has 0 fully saturated rings. The molecule has 0 saturated carbocycles. The minimum absolute atomic E-state index is 0.123. The van der Waals surface area contributed by atoms with Gasteiger partial charge >= 0.3 is 6.18 Å². The van der Waals surface area contributed by atoms with E-state index >= 15 is 0 Å². The molecule has 0 atom stereocenters. The highest BCUT2D eigenvalue weighted by Gasteiger charge is 2.35. The van der Waals surface area contributed by atoms with Crippen LogP contribution in [0, 0.1) is 6.92 Å². The molecular formula is C14H10F3N3O2. The van der Waals surface area contributed by atoms with Crippen molar-refractivity contribution in [1.82, 2.24) is 15.3 Å². The van der Waals surface area contributed by atoms with Crippen molar-refractivity contribution >= 4 is 11.8 Å². The fourth-order valence-electron chi connectivity index (χ4n) is 1.75. The average molecular weight is 309 g/mol. The van der Waals surface area contributed by atoms with Gasteiger partial charge in [0.2, 0.25) is 0 Å². The van der Waals surface area contributed by atoms with E-state index in [4.69, 9.17) is 0 Å². The standard InChI is InChI=1S/C14H10F3N3O2/c1-8-6-9(2-5-19-8)12(21)20-13(22)10-7-18-4-3-11(10)14(15,16)17/h2-7H,1H3,(H,20,21,22). The van der Waals surface area contributed by atoms with Gasteiger partial charge in [-0.15, -0.1) is 0 Å². The largest absolute Gasteiger partial charge is 0.417 e. The van der Waals surface area contributed by atoms with E-state index in [1.807, 2.05) is 5.32 Å². The van der Waals surface area contributed by atoms with Crippen molar-refractivity contribution in [3.05, 3.63) is 59.2 Å². The van der Waals surface area contributed by atoms with Crippen molar-refractivity contribution in [2.45, 2.75) is 13.1 Å². The van der Waals surface area contributed by atoms with Gasteiger partial charge in [0.25, 0.3) is 11.8 Å². The van der Waals surface area contributed by atoms with Crippen LogP contribution in [0.4, 0.5) is 13.2 Å². The van der Waals surface area contributed by atoms with Gasteiger partial charge in [0, 0.05) is 29.8 Å². The zero-order valence-electron chi connectivity index (χ0n) is 11.3. The van der Waals surface area contributed by atoms with Gasteiger partial charge in [-0.1, -0.05) is 0 Å². The Morgan fingerprint density at radius 2 is 1.86 bits per heavy atom. The van der Waals surface area contributed by atoms with Gasteiger partial charge < -0.3 is 0 Å². The first-order valence-electron chi connectivity index (χ1n) is 6.08. The number of aryl methyl sites for hydroxylation is 1. The number of hydrogen-bond acceptors (Lipinski definition) is 4. The van der Waals surface area contributed by atoms with Crippen molar-refractivity contribution in [2.75, 3.05) is 0 Å². The molecule has 8 heteroatoms. The molecule has 0 radical (unpaired) electrons. The Labute approximate surface area is 123 Å². The Hall–Kier alpha value is -2.77. The fraction of sp³-hybridized carbons (Fsp3) is 0.143. The molecule has 0 bridgehead atoms. The molecule has 2 aromatic heterocycles. The molecule has 2 heterocycles. The smallest absolute Gasteiger partial charge is 0.288 e. The second-order valence-corrected chi connectivity index (χ2v) is 4.39. The molecule has 0 aliphatic rings. The third kappa shape index (κ3) is 3.46. The summed E-state index contributed by atoms with van der Waals surface area (Å²) in [6, 6.07) is 3.44. The molecule has 2 amide bonds. The van der Waals surface area contributed by atoms with Gasteiger partial charge in [-0.05, 0) is 25.1 Å². The van der Waals surface area contributed by atoms with Crippen LogP contribution in [0.2, 0.25) is 0 Å². The molecule has 0 saturated heterocycles. The summed E-state index contributed by atoms with van der Waals surface area (Å²) in [7, 11) is 0. The van der Waals surface area contributed by atoms with Crippen LogP contribution in [-0.2, 0) is 6.18 Å². The van der Waals surface area contributed by atoms with E-state index in [0.717, 1.165) is 12.4 Å². The minimum Gasteiger partial charge on any atom is -0.288 e. The Kier molecular flexibility index (Phi) is 4.20. The van der Waals surface area contributed by atoms with Gasteiger partial charge in [0.05, 0.1) is 11.1 Å². The van der Waals surface area contributed by atoms with Crippen LogP contribution in [0.5, 0.6) is 0 Å². The molecular weight excluding hydrogens is 299 g/mol.